The lowest BCUT2D eigenvalue weighted by Gasteiger charge is -2.33. The molecular weight excluding hydrogens is 663 g/mol. The molecule has 7 heterocycles. The maximum atomic E-state index is 5.08. The summed E-state index contributed by atoms with van der Waals surface area (Å²) in [7, 11) is 0. The topological polar surface area (TPSA) is 72.6 Å². The van der Waals surface area contributed by atoms with Crippen LogP contribution in [-0.4, -0.2) is 29.5 Å². The molecule has 252 valence electrons. The maximum absolute atomic E-state index is 5.08. The van der Waals surface area contributed by atoms with Crippen molar-refractivity contribution in [2.75, 3.05) is 4.90 Å². The molecular formula is C47H29N7. The maximum Gasteiger partial charge on any atom is 0.137 e. The van der Waals surface area contributed by atoms with E-state index in [9.17, 15) is 0 Å². The first-order chi connectivity index (χ1) is 26.8. The van der Waals surface area contributed by atoms with Crippen LogP contribution in [0.4, 0.5) is 17.2 Å². The molecule has 11 rings (SSSR count). The number of aromatic nitrogens is 6. The van der Waals surface area contributed by atoms with Crippen LogP contribution in [0.5, 0.6) is 0 Å². The predicted molar refractivity (Wildman–Crippen MR) is 217 cm³/mol. The van der Waals surface area contributed by atoms with E-state index in [2.05, 4.69) is 121 Å². The van der Waals surface area contributed by atoms with Crippen LogP contribution in [-0.2, 0) is 0 Å². The summed E-state index contributed by atoms with van der Waals surface area (Å²) in [6, 6.07) is 50.6. The molecule has 0 N–H and O–H groups in total. The Kier molecular flexibility index (Phi) is 6.72. The normalized spacial score (nSPS) is 12.0. The standard InChI is InChI=1S/C47H29N7/c1-4-22-48-38(12-1)31-16-19-41-35(25-31)37-26-36-34-11-7-9-30-10-8-15-42(47(30)34)54(46-21-18-33(29-52-46)40-14-3-6-24-50-40)43(36)27-44(37)53(41)45-20-17-32(28-51-45)39-13-2-5-23-49-39/h1-29H. The van der Waals surface area contributed by atoms with Crippen molar-refractivity contribution in [1.29, 1.82) is 0 Å². The van der Waals surface area contributed by atoms with Gasteiger partial charge in [0.2, 0.25) is 0 Å². The average molecular weight is 692 g/mol. The molecule has 7 nitrogen and oxygen atoms in total. The first kappa shape index (κ1) is 30.1. The summed E-state index contributed by atoms with van der Waals surface area (Å²) < 4.78 is 2.27. The summed E-state index contributed by atoms with van der Waals surface area (Å²) >= 11 is 0. The number of rotatable bonds is 5. The molecule has 0 spiro atoms. The number of hydrogen-bond donors (Lipinski definition) is 0. The first-order valence-electron chi connectivity index (χ1n) is 17.9. The van der Waals surface area contributed by atoms with E-state index in [4.69, 9.17) is 9.97 Å². The van der Waals surface area contributed by atoms with Crippen molar-refractivity contribution in [3.63, 3.8) is 0 Å². The van der Waals surface area contributed by atoms with Crippen LogP contribution in [0.3, 0.4) is 0 Å². The van der Waals surface area contributed by atoms with Crippen LogP contribution in [0.1, 0.15) is 0 Å². The van der Waals surface area contributed by atoms with Gasteiger partial charge in [0.15, 0.2) is 0 Å². The van der Waals surface area contributed by atoms with Gasteiger partial charge in [-0.05, 0) is 102 Å². The molecule has 0 amide bonds. The van der Waals surface area contributed by atoms with Crippen molar-refractivity contribution >= 4 is 49.8 Å². The second kappa shape index (κ2) is 12.0. The van der Waals surface area contributed by atoms with E-state index < -0.39 is 0 Å². The van der Waals surface area contributed by atoms with Gasteiger partial charge >= 0.3 is 0 Å². The van der Waals surface area contributed by atoms with Crippen LogP contribution in [0, 0.1) is 0 Å². The highest BCUT2D eigenvalue weighted by Gasteiger charge is 2.29. The second-order valence-corrected chi connectivity index (χ2v) is 13.4. The molecule has 0 atom stereocenters. The quantitative estimate of drug-likeness (QED) is 0.179. The molecule has 7 heteroatoms. The van der Waals surface area contributed by atoms with Gasteiger partial charge in [-0.3, -0.25) is 24.4 Å². The van der Waals surface area contributed by atoms with E-state index in [1.165, 1.54) is 16.3 Å². The van der Waals surface area contributed by atoms with Gasteiger partial charge in [-0.2, -0.15) is 0 Å². The Morgan fingerprint density at radius 2 is 1.00 bits per heavy atom. The van der Waals surface area contributed by atoms with Gasteiger partial charge in [-0.25, -0.2) is 9.97 Å². The predicted octanol–water partition coefficient (Wildman–Crippen LogP) is 11.4. The van der Waals surface area contributed by atoms with Gasteiger partial charge in [0.05, 0.1) is 39.5 Å². The van der Waals surface area contributed by atoms with E-state index in [-0.39, 0.29) is 0 Å². The fourth-order valence-electron chi connectivity index (χ4n) is 7.91. The van der Waals surface area contributed by atoms with Crippen LogP contribution in [0.15, 0.2) is 177 Å². The Morgan fingerprint density at radius 3 is 1.63 bits per heavy atom. The Balaban J connectivity index is 1.18. The largest absolute Gasteiger partial charge is 0.294 e. The molecule has 54 heavy (non-hydrogen) atoms. The highest BCUT2D eigenvalue weighted by molar-refractivity contribution is 6.19. The van der Waals surface area contributed by atoms with Crippen LogP contribution in [0.2, 0.25) is 0 Å². The van der Waals surface area contributed by atoms with Gasteiger partial charge in [0.1, 0.15) is 11.6 Å². The number of pyridine rings is 5. The molecule has 10 aromatic rings. The molecule has 0 fully saturated rings. The lowest BCUT2D eigenvalue weighted by atomic mass is 9.90. The van der Waals surface area contributed by atoms with Crippen molar-refractivity contribution in [1.82, 2.24) is 29.5 Å². The fourth-order valence-corrected chi connectivity index (χ4v) is 7.91. The lowest BCUT2D eigenvalue weighted by molar-refractivity contribution is 1.08. The molecule has 0 radical (unpaired) electrons. The summed E-state index contributed by atoms with van der Waals surface area (Å²) in [6.45, 7) is 0. The summed E-state index contributed by atoms with van der Waals surface area (Å²) in [5.74, 6) is 1.65. The van der Waals surface area contributed by atoms with Gasteiger partial charge in [-0.1, -0.05) is 54.6 Å². The number of anilines is 3. The monoisotopic (exact) mass is 691 g/mol. The van der Waals surface area contributed by atoms with Crippen molar-refractivity contribution < 1.29 is 0 Å². The lowest BCUT2D eigenvalue weighted by Crippen LogP contribution is -2.16. The van der Waals surface area contributed by atoms with Crippen molar-refractivity contribution in [2.45, 2.75) is 0 Å². The molecule has 0 saturated heterocycles. The van der Waals surface area contributed by atoms with E-state index in [1.54, 1.807) is 0 Å². The second-order valence-electron chi connectivity index (χ2n) is 13.4. The summed E-state index contributed by atoms with van der Waals surface area (Å²) in [4.78, 5) is 26.2. The van der Waals surface area contributed by atoms with E-state index >= 15 is 0 Å². The number of hydrogen-bond acceptors (Lipinski definition) is 6. The smallest absolute Gasteiger partial charge is 0.137 e. The van der Waals surface area contributed by atoms with E-state index in [0.29, 0.717) is 0 Å². The third kappa shape index (κ3) is 4.72. The van der Waals surface area contributed by atoms with Gasteiger partial charge < -0.3 is 0 Å². The molecule has 0 unspecified atom stereocenters. The highest BCUT2D eigenvalue weighted by Crippen LogP contribution is 2.52. The van der Waals surface area contributed by atoms with Crippen molar-refractivity contribution in [3.8, 4) is 50.7 Å². The van der Waals surface area contributed by atoms with Crippen LogP contribution >= 0.6 is 0 Å². The number of fused-ring (bicyclic) bond motifs is 5. The van der Waals surface area contributed by atoms with Gasteiger partial charge in [0.25, 0.3) is 0 Å². The Morgan fingerprint density at radius 1 is 0.389 bits per heavy atom. The Labute approximate surface area is 310 Å². The zero-order chi connectivity index (χ0) is 35.6. The third-order valence-corrected chi connectivity index (χ3v) is 10.4. The first-order valence-corrected chi connectivity index (χ1v) is 17.9. The number of nitrogens with zero attached hydrogens (tertiary/aromatic N) is 7. The van der Waals surface area contributed by atoms with Gasteiger partial charge in [-0.15, -0.1) is 0 Å². The van der Waals surface area contributed by atoms with E-state index in [0.717, 1.165) is 84.2 Å². The summed E-state index contributed by atoms with van der Waals surface area (Å²) in [5, 5.41) is 4.64. The molecule has 0 saturated carbocycles. The molecule has 0 bridgehead atoms. The van der Waals surface area contributed by atoms with Crippen LogP contribution in [0.25, 0.3) is 83.3 Å². The zero-order valence-electron chi connectivity index (χ0n) is 28.9. The SMILES string of the molecule is c1ccc(-c2ccc(N3c4cc5c(cc4-c4cccc6cccc3c46)c3cc(-c4ccccn4)ccc3n5-c3ccc(-c4ccccn4)cn3)nc2)nc1. The van der Waals surface area contributed by atoms with Crippen molar-refractivity contribution in [3.05, 3.63) is 177 Å². The van der Waals surface area contributed by atoms with Gasteiger partial charge in [0, 0.05) is 69.4 Å². The number of benzene rings is 4. The minimum atomic E-state index is 0.822. The zero-order valence-corrected chi connectivity index (χ0v) is 28.9. The van der Waals surface area contributed by atoms with E-state index in [1.807, 2.05) is 79.5 Å². The molecule has 4 aromatic carbocycles. The minimum absolute atomic E-state index is 0.822. The molecule has 1 aliphatic rings. The highest BCUT2D eigenvalue weighted by atomic mass is 15.2. The van der Waals surface area contributed by atoms with Crippen molar-refractivity contribution in [2.24, 2.45) is 0 Å². The average Bonchev–Trinajstić information content (AvgIpc) is 3.57. The molecule has 0 aliphatic carbocycles. The van der Waals surface area contributed by atoms with Crippen LogP contribution < -0.4 is 4.90 Å². The third-order valence-electron chi connectivity index (χ3n) is 10.4. The summed E-state index contributed by atoms with van der Waals surface area (Å²) in [5.41, 5.74) is 12.3. The molecule has 1 aliphatic heterocycles. The fraction of sp³-hybridized carbons (Fsp3) is 0. The summed E-state index contributed by atoms with van der Waals surface area (Å²) in [6.07, 6.45) is 9.29. The Bertz CT molecular complexity index is 3010. The Hall–Kier alpha value is -7.51. The molecule has 6 aromatic heterocycles. The minimum Gasteiger partial charge on any atom is -0.294 e.